The summed E-state index contributed by atoms with van der Waals surface area (Å²) in [6.45, 7) is 0.961. The van der Waals surface area contributed by atoms with Crippen LogP contribution in [0.5, 0.6) is 0 Å². The smallest absolute Gasteiger partial charge is 0.199 e. The highest BCUT2D eigenvalue weighted by molar-refractivity contribution is 8.22. The molecule has 0 spiro atoms. The van der Waals surface area contributed by atoms with Crippen LogP contribution in [0.25, 0.3) is 0 Å². The molecule has 3 aromatic rings. The second-order valence-electron chi connectivity index (χ2n) is 7.61. The lowest BCUT2D eigenvalue weighted by Gasteiger charge is -2.36. The van der Waals surface area contributed by atoms with E-state index < -0.39 is 10.8 Å². The van der Waals surface area contributed by atoms with Crippen LogP contribution in [0.15, 0.2) is 60.1 Å². The number of aromatic nitrogens is 1. The predicted molar refractivity (Wildman–Crippen MR) is 124 cm³/mol. The van der Waals surface area contributed by atoms with Gasteiger partial charge in [-0.25, -0.2) is 9.29 Å². The van der Waals surface area contributed by atoms with Crippen LogP contribution in [0.1, 0.15) is 49.7 Å². The molecule has 2 N–H and O–H groups in total. The molecule has 1 aliphatic rings. The van der Waals surface area contributed by atoms with Crippen molar-refractivity contribution in [3.8, 4) is 0 Å². The van der Waals surface area contributed by atoms with Gasteiger partial charge >= 0.3 is 0 Å². The van der Waals surface area contributed by atoms with E-state index in [9.17, 15) is 18.7 Å². The van der Waals surface area contributed by atoms with Crippen LogP contribution >= 0.6 is 22.1 Å². The summed E-state index contributed by atoms with van der Waals surface area (Å²) in [5, 5.41) is 2.05. The number of hydrogen-bond donors (Lipinski definition) is 2. The van der Waals surface area contributed by atoms with Crippen LogP contribution in [0.2, 0.25) is 0 Å². The SMILES string of the molecule is O=C(CC(=O)c1nccs1)c1cc(Cc2ccccc2)cc(CN2CCCS2(O)O)c1. The van der Waals surface area contributed by atoms with Crippen molar-refractivity contribution < 1.29 is 18.7 Å². The van der Waals surface area contributed by atoms with E-state index in [4.69, 9.17) is 0 Å². The molecule has 0 unspecified atom stereocenters. The quantitative estimate of drug-likeness (QED) is 0.364. The van der Waals surface area contributed by atoms with Crippen molar-refractivity contribution in [1.82, 2.24) is 9.29 Å². The number of carbonyl (C=O) groups excluding carboxylic acids is 2. The van der Waals surface area contributed by atoms with Crippen LogP contribution in [-0.4, -0.2) is 42.3 Å². The minimum atomic E-state index is -2.75. The van der Waals surface area contributed by atoms with Gasteiger partial charge in [0.25, 0.3) is 0 Å². The minimum Gasteiger partial charge on any atom is -0.294 e. The number of nitrogens with zero attached hydrogens (tertiary/aromatic N) is 2. The van der Waals surface area contributed by atoms with Gasteiger partial charge in [0.2, 0.25) is 0 Å². The van der Waals surface area contributed by atoms with E-state index in [1.165, 1.54) is 11.3 Å². The molecular weight excluding hydrogens is 432 g/mol. The third-order valence-electron chi connectivity index (χ3n) is 5.22. The molecule has 1 saturated heterocycles. The Labute approximate surface area is 187 Å². The summed E-state index contributed by atoms with van der Waals surface area (Å²) in [5.41, 5.74) is 3.36. The zero-order chi connectivity index (χ0) is 21.8. The molecule has 0 bridgehead atoms. The van der Waals surface area contributed by atoms with E-state index in [0.717, 1.165) is 23.1 Å². The van der Waals surface area contributed by atoms with Gasteiger partial charge in [-0.2, -0.15) is 0 Å². The van der Waals surface area contributed by atoms with E-state index in [2.05, 4.69) is 4.98 Å². The number of thiazole rings is 1. The van der Waals surface area contributed by atoms with Crippen molar-refractivity contribution >= 4 is 33.7 Å². The van der Waals surface area contributed by atoms with E-state index in [1.54, 1.807) is 21.9 Å². The largest absolute Gasteiger partial charge is 0.294 e. The van der Waals surface area contributed by atoms with Gasteiger partial charge in [-0.3, -0.25) is 18.7 Å². The minimum absolute atomic E-state index is 0.235. The lowest BCUT2D eigenvalue weighted by Crippen LogP contribution is -2.22. The Hall–Kier alpha value is -2.36. The highest BCUT2D eigenvalue weighted by atomic mass is 32.3. The van der Waals surface area contributed by atoms with Crippen LogP contribution in [0.3, 0.4) is 0 Å². The Morgan fingerprint density at radius 3 is 2.48 bits per heavy atom. The summed E-state index contributed by atoms with van der Waals surface area (Å²) in [7, 11) is -2.75. The topological polar surface area (TPSA) is 90.7 Å². The van der Waals surface area contributed by atoms with E-state index in [0.29, 0.717) is 35.8 Å². The maximum Gasteiger partial charge on any atom is 0.199 e. The van der Waals surface area contributed by atoms with Crippen molar-refractivity contribution in [3.05, 3.63) is 87.4 Å². The molecule has 0 amide bonds. The highest BCUT2D eigenvalue weighted by Gasteiger charge is 2.29. The predicted octanol–water partition coefficient (Wildman–Crippen LogP) is 5.06. The van der Waals surface area contributed by atoms with Gasteiger partial charge in [-0.15, -0.1) is 22.1 Å². The molecule has 2 heterocycles. The summed E-state index contributed by atoms with van der Waals surface area (Å²) in [6, 6.07) is 15.5. The maximum absolute atomic E-state index is 12.9. The number of Topliss-reactive ketones (excluding diaryl/α,β-unsaturated/α-hetero) is 2. The van der Waals surface area contributed by atoms with Crippen LogP contribution < -0.4 is 0 Å². The second-order valence-corrected chi connectivity index (χ2v) is 10.7. The Kier molecular flexibility index (Phi) is 6.64. The number of benzene rings is 2. The summed E-state index contributed by atoms with van der Waals surface area (Å²) in [5.74, 6) is -0.168. The van der Waals surface area contributed by atoms with Crippen LogP contribution in [-0.2, 0) is 13.0 Å². The third kappa shape index (κ3) is 5.47. The molecule has 1 aromatic heterocycles. The first kappa shape index (κ1) is 21.9. The van der Waals surface area contributed by atoms with E-state index >= 15 is 0 Å². The van der Waals surface area contributed by atoms with Crippen LogP contribution in [0, 0.1) is 0 Å². The summed E-state index contributed by atoms with van der Waals surface area (Å²) < 4.78 is 22.2. The number of rotatable bonds is 8. The van der Waals surface area contributed by atoms with Gasteiger partial charge in [-0.05, 0) is 41.7 Å². The van der Waals surface area contributed by atoms with Gasteiger partial charge in [0, 0.05) is 30.2 Å². The Morgan fingerprint density at radius 1 is 1.03 bits per heavy atom. The average molecular weight is 457 g/mol. The van der Waals surface area contributed by atoms with Gasteiger partial charge < -0.3 is 0 Å². The first-order chi connectivity index (χ1) is 14.9. The number of ketones is 2. The summed E-state index contributed by atoms with van der Waals surface area (Å²) in [6.07, 6.45) is 2.70. The number of hydrogen-bond acceptors (Lipinski definition) is 7. The standard InChI is InChI=1S/C23H24N2O4S2/c26-21(15-22(27)23-24-7-9-30-23)20-13-18(11-17-5-2-1-3-6-17)12-19(14-20)16-25-8-4-10-31(25,28)29/h1-3,5-7,9,12-14,28-29H,4,8,10-11,15-16H2. The normalized spacial score (nSPS) is 16.8. The Morgan fingerprint density at radius 2 is 1.81 bits per heavy atom. The first-order valence-corrected chi connectivity index (χ1v) is 12.6. The molecule has 0 atom stereocenters. The van der Waals surface area contributed by atoms with Crippen molar-refractivity contribution in [2.45, 2.75) is 25.8 Å². The Bertz CT molecular complexity index is 1070. The second kappa shape index (κ2) is 9.42. The fraction of sp³-hybridized carbons (Fsp3) is 0.261. The molecule has 0 aliphatic carbocycles. The summed E-state index contributed by atoms with van der Waals surface area (Å²) in [4.78, 5) is 29.3. The molecule has 0 saturated carbocycles. The lowest BCUT2D eigenvalue weighted by molar-refractivity contribution is 0.0894. The van der Waals surface area contributed by atoms with Crippen molar-refractivity contribution in [2.75, 3.05) is 12.3 Å². The molecule has 0 radical (unpaired) electrons. The molecule has 2 aromatic carbocycles. The van der Waals surface area contributed by atoms with Gasteiger partial charge in [-0.1, -0.05) is 36.4 Å². The van der Waals surface area contributed by atoms with E-state index in [-0.39, 0.29) is 18.0 Å². The number of carbonyl (C=O) groups is 2. The molecule has 4 rings (SSSR count). The zero-order valence-electron chi connectivity index (χ0n) is 16.9. The van der Waals surface area contributed by atoms with Gasteiger partial charge in [0.1, 0.15) is 0 Å². The van der Waals surface area contributed by atoms with Crippen LogP contribution in [0.4, 0.5) is 0 Å². The fourth-order valence-corrected chi connectivity index (χ4v) is 5.86. The van der Waals surface area contributed by atoms with Gasteiger partial charge in [0.05, 0.1) is 12.2 Å². The molecular formula is C23H24N2O4S2. The van der Waals surface area contributed by atoms with Crippen molar-refractivity contribution in [1.29, 1.82) is 0 Å². The third-order valence-corrected chi connectivity index (χ3v) is 8.00. The van der Waals surface area contributed by atoms with Crippen molar-refractivity contribution in [2.24, 2.45) is 0 Å². The maximum atomic E-state index is 12.9. The van der Waals surface area contributed by atoms with E-state index in [1.807, 2.05) is 42.5 Å². The van der Waals surface area contributed by atoms with Gasteiger partial charge in [0.15, 0.2) is 16.6 Å². The molecule has 162 valence electrons. The Balaban J connectivity index is 1.60. The molecule has 8 heteroatoms. The first-order valence-electron chi connectivity index (χ1n) is 10.0. The monoisotopic (exact) mass is 456 g/mol. The fourth-order valence-electron chi connectivity index (χ4n) is 3.73. The molecule has 6 nitrogen and oxygen atoms in total. The van der Waals surface area contributed by atoms with Crippen molar-refractivity contribution in [3.63, 3.8) is 0 Å². The molecule has 1 aliphatic heterocycles. The molecule has 31 heavy (non-hydrogen) atoms. The lowest BCUT2D eigenvalue weighted by atomic mass is 9.96. The summed E-state index contributed by atoms with van der Waals surface area (Å²) >= 11 is 1.23. The molecule has 1 fully saturated rings. The highest BCUT2D eigenvalue weighted by Crippen LogP contribution is 2.49. The average Bonchev–Trinajstić information content (AvgIpc) is 3.39. The zero-order valence-corrected chi connectivity index (χ0v) is 18.6.